The van der Waals surface area contributed by atoms with Gasteiger partial charge in [0.1, 0.15) is 12.3 Å². The minimum absolute atomic E-state index is 0.0965. The van der Waals surface area contributed by atoms with Crippen LogP contribution in [-0.2, 0) is 0 Å². The number of rotatable bonds is 4. The van der Waals surface area contributed by atoms with E-state index in [0.29, 0.717) is 18.6 Å². The van der Waals surface area contributed by atoms with Gasteiger partial charge in [-0.25, -0.2) is 9.18 Å². The molecule has 1 aromatic carbocycles. The Bertz CT molecular complexity index is 447. The molecule has 0 spiro atoms. The van der Waals surface area contributed by atoms with Crippen molar-refractivity contribution in [3.63, 3.8) is 0 Å². The first-order chi connectivity index (χ1) is 8.61. The summed E-state index contributed by atoms with van der Waals surface area (Å²) in [6.45, 7) is 0. The van der Waals surface area contributed by atoms with Gasteiger partial charge in [-0.05, 0) is 37.5 Å². The number of hydrogen-bond acceptors (Lipinski definition) is 3. The zero-order valence-corrected chi connectivity index (χ0v) is 10.1. The van der Waals surface area contributed by atoms with Crippen LogP contribution in [0.25, 0.3) is 0 Å². The van der Waals surface area contributed by atoms with E-state index in [4.69, 9.17) is 14.6 Å². The third-order valence-electron chi connectivity index (χ3n) is 3.06. The van der Waals surface area contributed by atoms with Gasteiger partial charge in [0.05, 0.1) is 12.7 Å². The second-order valence-corrected chi connectivity index (χ2v) is 4.27. The first-order valence-corrected chi connectivity index (χ1v) is 5.84. The molecular formula is C13H15FO4. The molecule has 1 aromatic rings. The first kappa shape index (κ1) is 12.7. The number of carboxylic acid groups (broad SMARTS) is 1. The van der Waals surface area contributed by atoms with Crippen molar-refractivity contribution in [2.24, 2.45) is 0 Å². The Balaban J connectivity index is 2.23. The smallest absolute Gasteiger partial charge is 0.335 e. The fourth-order valence-electron chi connectivity index (χ4n) is 2.08. The van der Waals surface area contributed by atoms with Crippen LogP contribution in [0.4, 0.5) is 4.39 Å². The second-order valence-electron chi connectivity index (χ2n) is 4.27. The molecule has 1 saturated carbocycles. The Morgan fingerprint density at radius 1 is 1.39 bits per heavy atom. The highest BCUT2D eigenvalue weighted by Crippen LogP contribution is 2.33. The minimum atomic E-state index is -1.05. The summed E-state index contributed by atoms with van der Waals surface area (Å²) in [6, 6.07) is 4.31. The lowest BCUT2D eigenvalue weighted by molar-refractivity contribution is 0.0695. The fourth-order valence-corrected chi connectivity index (χ4v) is 2.08. The zero-order valence-electron chi connectivity index (χ0n) is 10.1. The summed E-state index contributed by atoms with van der Waals surface area (Å²) < 4.78 is 24.1. The lowest BCUT2D eigenvalue weighted by atomic mass is 10.2. The Labute approximate surface area is 104 Å². The van der Waals surface area contributed by atoms with Gasteiger partial charge in [0.15, 0.2) is 11.5 Å². The van der Waals surface area contributed by atoms with Crippen LogP contribution in [0.15, 0.2) is 18.2 Å². The van der Waals surface area contributed by atoms with Crippen molar-refractivity contribution in [1.29, 1.82) is 0 Å². The van der Waals surface area contributed by atoms with Crippen molar-refractivity contribution in [3.05, 3.63) is 23.8 Å². The van der Waals surface area contributed by atoms with Crippen LogP contribution in [-0.4, -0.2) is 30.5 Å². The first-order valence-electron chi connectivity index (χ1n) is 5.84. The molecule has 0 heterocycles. The predicted molar refractivity (Wildman–Crippen MR) is 63.1 cm³/mol. The molecule has 98 valence electrons. The van der Waals surface area contributed by atoms with Crippen molar-refractivity contribution in [3.8, 4) is 11.5 Å². The molecule has 1 aliphatic carbocycles. The molecule has 2 unspecified atom stereocenters. The number of ether oxygens (including phenoxy) is 2. The van der Waals surface area contributed by atoms with E-state index in [9.17, 15) is 9.18 Å². The summed E-state index contributed by atoms with van der Waals surface area (Å²) in [5.41, 5.74) is 0.0965. The molecule has 0 amide bonds. The van der Waals surface area contributed by atoms with Gasteiger partial charge in [0.25, 0.3) is 0 Å². The summed E-state index contributed by atoms with van der Waals surface area (Å²) in [5, 5.41) is 8.92. The molecule has 4 nitrogen and oxygen atoms in total. The molecule has 2 atom stereocenters. The Kier molecular flexibility index (Phi) is 3.69. The number of alkyl halides is 1. The highest BCUT2D eigenvalue weighted by Gasteiger charge is 2.29. The summed E-state index contributed by atoms with van der Waals surface area (Å²) in [6.07, 6.45) is 0.408. The Hall–Kier alpha value is -1.78. The van der Waals surface area contributed by atoms with E-state index < -0.39 is 18.2 Å². The maximum absolute atomic E-state index is 13.5. The van der Waals surface area contributed by atoms with Crippen LogP contribution < -0.4 is 9.47 Å². The van der Waals surface area contributed by atoms with Gasteiger partial charge in [-0.15, -0.1) is 0 Å². The SMILES string of the molecule is COc1ccc(C(=O)O)cc1OC1CCCC1F. The normalized spacial score (nSPS) is 22.8. The van der Waals surface area contributed by atoms with Crippen molar-refractivity contribution in [1.82, 2.24) is 0 Å². The number of methoxy groups -OCH3 is 1. The van der Waals surface area contributed by atoms with Gasteiger partial charge in [-0.2, -0.15) is 0 Å². The average Bonchev–Trinajstić information content (AvgIpc) is 2.75. The van der Waals surface area contributed by atoms with Gasteiger partial charge in [0.2, 0.25) is 0 Å². The maximum atomic E-state index is 13.5. The lowest BCUT2D eigenvalue weighted by Crippen LogP contribution is -2.22. The molecule has 1 aliphatic rings. The largest absolute Gasteiger partial charge is 0.493 e. The summed E-state index contributed by atoms with van der Waals surface area (Å²) in [5.74, 6) is -0.350. The molecule has 2 rings (SSSR count). The molecular weight excluding hydrogens is 239 g/mol. The Morgan fingerprint density at radius 2 is 2.17 bits per heavy atom. The topological polar surface area (TPSA) is 55.8 Å². The predicted octanol–water partition coefficient (Wildman–Crippen LogP) is 2.66. The maximum Gasteiger partial charge on any atom is 0.335 e. The molecule has 1 N–H and O–H groups in total. The molecule has 5 heteroatoms. The second kappa shape index (κ2) is 5.25. The number of hydrogen-bond donors (Lipinski definition) is 1. The number of carboxylic acids is 1. The quantitative estimate of drug-likeness (QED) is 0.897. The number of halogens is 1. The molecule has 1 fully saturated rings. The van der Waals surface area contributed by atoms with Crippen molar-refractivity contribution >= 4 is 5.97 Å². The summed E-state index contributed by atoms with van der Waals surface area (Å²) in [4.78, 5) is 10.9. The van der Waals surface area contributed by atoms with E-state index >= 15 is 0 Å². The monoisotopic (exact) mass is 254 g/mol. The van der Waals surface area contributed by atoms with Crippen molar-refractivity contribution < 1.29 is 23.8 Å². The number of aromatic carboxylic acids is 1. The van der Waals surface area contributed by atoms with Gasteiger partial charge in [-0.3, -0.25) is 0 Å². The third-order valence-corrected chi connectivity index (χ3v) is 3.06. The van der Waals surface area contributed by atoms with Crippen LogP contribution in [0.1, 0.15) is 29.6 Å². The summed E-state index contributed by atoms with van der Waals surface area (Å²) >= 11 is 0. The van der Waals surface area contributed by atoms with E-state index in [0.717, 1.165) is 6.42 Å². The van der Waals surface area contributed by atoms with E-state index in [1.165, 1.54) is 25.3 Å². The van der Waals surface area contributed by atoms with E-state index in [-0.39, 0.29) is 11.3 Å². The van der Waals surface area contributed by atoms with Gasteiger partial charge < -0.3 is 14.6 Å². The van der Waals surface area contributed by atoms with E-state index in [1.807, 2.05) is 0 Å². The Morgan fingerprint density at radius 3 is 2.72 bits per heavy atom. The highest BCUT2D eigenvalue weighted by atomic mass is 19.1. The van der Waals surface area contributed by atoms with Crippen LogP contribution >= 0.6 is 0 Å². The molecule has 0 radical (unpaired) electrons. The van der Waals surface area contributed by atoms with E-state index in [2.05, 4.69) is 0 Å². The number of benzene rings is 1. The highest BCUT2D eigenvalue weighted by molar-refractivity contribution is 5.88. The molecule has 0 aliphatic heterocycles. The van der Waals surface area contributed by atoms with Crippen LogP contribution in [0, 0.1) is 0 Å². The van der Waals surface area contributed by atoms with Gasteiger partial charge in [-0.1, -0.05) is 0 Å². The molecule has 0 aromatic heterocycles. The van der Waals surface area contributed by atoms with Crippen LogP contribution in [0.3, 0.4) is 0 Å². The van der Waals surface area contributed by atoms with Crippen molar-refractivity contribution in [2.45, 2.75) is 31.5 Å². The minimum Gasteiger partial charge on any atom is -0.493 e. The van der Waals surface area contributed by atoms with Gasteiger partial charge >= 0.3 is 5.97 Å². The van der Waals surface area contributed by atoms with Crippen molar-refractivity contribution in [2.75, 3.05) is 7.11 Å². The zero-order chi connectivity index (χ0) is 13.1. The van der Waals surface area contributed by atoms with Crippen LogP contribution in [0.5, 0.6) is 11.5 Å². The third kappa shape index (κ3) is 2.55. The molecule has 18 heavy (non-hydrogen) atoms. The van der Waals surface area contributed by atoms with E-state index in [1.54, 1.807) is 0 Å². The lowest BCUT2D eigenvalue weighted by Gasteiger charge is -2.18. The summed E-state index contributed by atoms with van der Waals surface area (Å²) in [7, 11) is 1.46. The molecule has 0 saturated heterocycles. The van der Waals surface area contributed by atoms with Gasteiger partial charge in [0, 0.05) is 0 Å². The fraction of sp³-hybridized carbons (Fsp3) is 0.462. The number of carbonyl (C=O) groups is 1. The van der Waals surface area contributed by atoms with Crippen LogP contribution in [0.2, 0.25) is 0 Å². The molecule has 0 bridgehead atoms. The standard InChI is InChI=1S/C13H15FO4/c1-17-11-6-5-8(13(15)16)7-12(11)18-10-4-2-3-9(10)14/h5-7,9-10H,2-4H2,1H3,(H,15,16). The average molecular weight is 254 g/mol.